The Bertz CT molecular complexity index is 636. The van der Waals surface area contributed by atoms with Crippen LogP contribution in [0.4, 0.5) is 14.9 Å². The first-order chi connectivity index (χ1) is 9.56. The lowest BCUT2D eigenvalue weighted by molar-refractivity contribution is -0.122. The van der Waals surface area contributed by atoms with Crippen LogP contribution in [-0.4, -0.2) is 24.2 Å². The maximum Gasteiger partial charge on any atom is 0.287 e. The van der Waals surface area contributed by atoms with Crippen molar-refractivity contribution in [2.45, 2.75) is 11.2 Å². The Morgan fingerprint density at radius 1 is 1.45 bits per heavy atom. The number of thioether (sulfide) groups is 1. The SMILES string of the molecule is O=CNc1cc(F)cc2c1OCCC21SC(=O)NC1=O. The summed E-state index contributed by atoms with van der Waals surface area (Å²) < 4.78 is 18.0. The van der Waals surface area contributed by atoms with Crippen LogP contribution >= 0.6 is 11.8 Å². The fraction of sp³-hybridized carbons (Fsp3) is 0.250. The quantitative estimate of drug-likeness (QED) is 0.805. The van der Waals surface area contributed by atoms with Crippen LogP contribution in [0.25, 0.3) is 0 Å². The van der Waals surface area contributed by atoms with Crippen LogP contribution in [0.3, 0.4) is 0 Å². The molecule has 1 aromatic carbocycles. The number of nitrogens with one attached hydrogen (secondary N) is 2. The Morgan fingerprint density at radius 3 is 2.90 bits per heavy atom. The summed E-state index contributed by atoms with van der Waals surface area (Å²) in [4.78, 5) is 34.1. The second-order valence-corrected chi connectivity index (χ2v) is 5.63. The summed E-state index contributed by atoms with van der Waals surface area (Å²) in [5.74, 6) is -0.882. The number of rotatable bonds is 2. The molecule has 2 heterocycles. The number of amides is 3. The van der Waals surface area contributed by atoms with Gasteiger partial charge in [-0.05, 0) is 17.8 Å². The molecule has 6 nitrogen and oxygen atoms in total. The number of carbonyl (C=O) groups excluding carboxylic acids is 3. The number of hydrogen-bond acceptors (Lipinski definition) is 5. The summed E-state index contributed by atoms with van der Waals surface area (Å²) in [6.45, 7) is 0.194. The molecule has 1 atom stereocenters. The molecule has 0 saturated carbocycles. The number of fused-ring (bicyclic) bond motifs is 2. The smallest absolute Gasteiger partial charge is 0.287 e. The molecule has 2 aliphatic rings. The number of ether oxygens (including phenoxy) is 1. The predicted octanol–water partition coefficient (Wildman–Crippen LogP) is 1.35. The molecule has 3 amide bonds. The molecule has 2 N–H and O–H groups in total. The molecule has 0 aromatic heterocycles. The van der Waals surface area contributed by atoms with Gasteiger partial charge in [0.25, 0.3) is 5.24 Å². The van der Waals surface area contributed by atoms with Gasteiger partial charge in [-0.1, -0.05) is 0 Å². The van der Waals surface area contributed by atoms with Gasteiger partial charge in [-0.3, -0.25) is 19.7 Å². The molecule has 1 spiro atoms. The third-order valence-corrected chi connectivity index (χ3v) is 4.50. The molecule has 20 heavy (non-hydrogen) atoms. The van der Waals surface area contributed by atoms with Crippen LogP contribution in [-0.2, 0) is 14.3 Å². The van der Waals surface area contributed by atoms with E-state index in [9.17, 15) is 18.8 Å². The summed E-state index contributed by atoms with van der Waals surface area (Å²) in [6, 6.07) is 2.27. The molecule has 1 fully saturated rings. The lowest BCUT2D eigenvalue weighted by atomic mass is 9.90. The fourth-order valence-electron chi connectivity index (χ4n) is 2.42. The Kier molecular flexibility index (Phi) is 2.89. The van der Waals surface area contributed by atoms with E-state index in [1.807, 2.05) is 0 Å². The minimum absolute atomic E-state index is 0.141. The second kappa shape index (κ2) is 4.48. The maximum atomic E-state index is 13.7. The average molecular weight is 296 g/mol. The van der Waals surface area contributed by atoms with E-state index in [4.69, 9.17) is 4.74 Å². The summed E-state index contributed by atoms with van der Waals surface area (Å²) in [6.07, 6.45) is 0.652. The van der Waals surface area contributed by atoms with Gasteiger partial charge in [-0.25, -0.2) is 4.39 Å². The predicted molar refractivity (Wildman–Crippen MR) is 69.0 cm³/mol. The molecule has 1 unspecified atom stereocenters. The molecular formula is C12H9FN2O4S. The maximum absolute atomic E-state index is 13.7. The molecule has 0 bridgehead atoms. The van der Waals surface area contributed by atoms with Crippen molar-refractivity contribution in [2.75, 3.05) is 11.9 Å². The van der Waals surface area contributed by atoms with Gasteiger partial charge in [0.2, 0.25) is 12.3 Å². The summed E-state index contributed by atoms with van der Waals surface area (Å²) in [5, 5.41) is 4.07. The standard InChI is InChI=1S/C12H9FN2O4S/c13-6-3-7-9(8(4-6)14-5-16)19-2-1-12(7)10(17)15-11(18)20-12/h3-5H,1-2H2,(H,14,16)(H,15,17,18). The van der Waals surface area contributed by atoms with Crippen molar-refractivity contribution in [1.29, 1.82) is 0 Å². The number of carbonyl (C=O) groups is 3. The topological polar surface area (TPSA) is 84.5 Å². The van der Waals surface area contributed by atoms with Crippen LogP contribution in [0, 0.1) is 5.82 Å². The zero-order chi connectivity index (χ0) is 14.3. The van der Waals surface area contributed by atoms with Gasteiger partial charge in [0, 0.05) is 18.1 Å². The first kappa shape index (κ1) is 12.9. The highest BCUT2D eigenvalue weighted by atomic mass is 32.2. The molecular weight excluding hydrogens is 287 g/mol. The van der Waals surface area contributed by atoms with Crippen molar-refractivity contribution >= 4 is 35.0 Å². The highest BCUT2D eigenvalue weighted by Crippen LogP contribution is 2.52. The summed E-state index contributed by atoms with van der Waals surface area (Å²) >= 11 is 0.813. The van der Waals surface area contributed by atoms with Gasteiger partial charge in [0.05, 0.1) is 12.3 Å². The third-order valence-electron chi connectivity index (χ3n) is 3.25. The van der Waals surface area contributed by atoms with Gasteiger partial charge < -0.3 is 10.1 Å². The van der Waals surface area contributed by atoms with Crippen LogP contribution in [0.1, 0.15) is 12.0 Å². The Balaban J connectivity index is 2.20. The normalized spacial score (nSPS) is 24.1. The molecule has 104 valence electrons. The van der Waals surface area contributed by atoms with E-state index in [0.29, 0.717) is 6.41 Å². The van der Waals surface area contributed by atoms with E-state index in [0.717, 1.165) is 23.9 Å². The first-order valence-corrected chi connectivity index (χ1v) is 6.60. The van der Waals surface area contributed by atoms with Crippen molar-refractivity contribution in [3.05, 3.63) is 23.5 Å². The highest BCUT2D eigenvalue weighted by Gasteiger charge is 2.53. The number of anilines is 1. The summed E-state index contributed by atoms with van der Waals surface area (Å²) in [5.41, 5.74) is 0.406. The van der Waals surface area contributed by atoms with Crippen molar-refractivity contribution in [3.63, 3.8) is 0 Å². The first-order valence-electron chi connectivity index (χ1n) is 5.78. The van der Waals surface area contributed by atoms with Crippen LogP contribution in [0.5, 0.6) is 5.75 Å². The van der Waals surface area contributed by atoms with Crippen LogP contribution in [0.15, 0.2) is 12.1 Å². The van der Waals surface area contributed by atoms with Gasteiger partial charge in [0.15, 0.2) is 0 Å². The third kappa shape index (κ3) is 1.75. The molecule has 8 heteroatoms. The largest absolute Gasteiger partial charge is 0.491 e. The lowest BCUT2D eigenvalue weighted by Gasteiger charge is -2.32. The molecule has 3 rings (SSSR count). The van der Waals surface area contributed by atoms with Gasteiger partial charge in [-0.15, -0.1) is 0 Å². The van der Waals surface area contributed by atoms with Crippen molar-refractivity contribution in [3.8, 4) is 5.75 Å². The second-order valence-electron chi connectivity index (χ2n) is 4.36. The Hall–Kier alpha value is -2.09. The van der Waals surface area contributed by atoms with E-state index in [-0.39, 0.29) is 30.0 Å². The fourth-order valence-corrected chi connectivity index (χ4v) is 3.47. The van der Waals surface area contributed by atoms with Crippen molar-refractivity contribution in [1.82, 2.24) is 5.32 Å². The van der Waals surface area contributed by atoms with E-state index >= 15 is 0 Å². The zero-order valence-electron chi connectivity index (χ0n) is 10.1. The van der Waals surface area contributed by atoms with Crippen LogP contribution in [0.2, 0.25) is 0 Å². The van der Waals surface area contributed by atoms with Crippen LogP contribution < -0.4 is 15.4 Å². The van der Waals surface area contributed by atoms with Crippen molar-refractivity contribution in [2.24, 2.45) is 0 Å². The number of benzene rings is 1. The molecule has 0 radical (unpaired) electrons. The van der Waals surface area contributed by atoms with E-state index in [1.54, 1.807) is 0 Å². The number of halogens is 1. The number of hydrogen-bond donors (Lipinski definition) is 2. The van der Waals surface area contributed by atoms with Gasteiger partial charge in [0.1, 0.15) is 16.3 Å². The minimum Gasteiger partial charge on any atom is -0.491 e. The highest BCUT2D eigenvalue weighted by molar-refractivity contribution is 8.15. The molecule has 2 aliphatic heterocycles. The molecule has 1 aromatic rings. The van der Waals surface area contributed by atoms with E-state index in [1.165, 1.54) is 0 Å². The van der Waals surface area contributed by atoms with Crippen molar-refractivity contribution < 1.29 is 23.5 Å². The average Bonchev–Trinajstić information content (AvgIpc) is 2.66. The van der Waals surface area contributed by atoms with E-state index in [2.05, 4.69) is 10.6 Å². The Labute approximate surface area is 117 Å². The molecule has 0 aliphatic carbocycles. The Morgan fingerprint density at radius 2 is 2.25 bits per heavy atom. The van der Waals surface area contributed by atoms with Gasteiger partial charge >= 0.3 is 0 Å². The zero-order valence-corrected chi connectivity index (χ0v) is 10.9. The number of imide groups is 1. The van der Waals surface area contributed by atoms with E-state index < -0.39 is 21.7 Å². The summed E-state index contributed by atoms with van der Waals surface area (Å²) in [7, 11) is 0. The molecule has 1 saturated heterocycles. The van der Waals surface area contributed by atoms with Gasteiger partial charge in [-0.2, -0.15) is 0 Å². The minimum atomic E-state index is -1.19. The monoisotopic (exact) mass is 296 g/mol. The lowest BCUT2D eigenvalue weighted by Crippen LogP contribution is -2.38.